The lowest BCUT2D eigenvalue weighted by Crippen LogP contribution is -2.46. The Morgan fingerprint density at radius 1 is 0.455 bits per heavy atom. The van der Waals surface area contributed by atoms with Gasteiger partial charge in [-0.25, -0.2) is 0 Å². The molecule has 0 saturated carbocycles. The fourth-order valence-corrected chi connectivity index (χ4v) is 8.30. The SMILES string of the molecule is CCCCC/C=C\C/C=C\CCCCCCCCCC(=O)OC(CCCCC/C=C/C=C/C=C/C=C/CCCCC)CC(=O)NC(CO)C(O)CCCCCCCCCCCCCCCC. The van der Waals surface area contributed by atoms with Crippen molar-refractivity contribution in [3.05, 3.63) is 72.9 Å². The molecule has 0 radical (unpaired) electrons. The summed E-state index contributed by atoms with van der Waals surface area (Å²) in [6.07, 6.45) is 68.1. The summed E-state index contributed by atoms with van der Waals surface area (Å²) in [6, 6.07) is -0.719. The van der Waals surface area contributed by atoms with Gasteiger partial charge in [-0.3, -0.25) is 9.59 Å². The number of esters is 1. The van der Waals surface area contributed by atoms with Gasteiger partial charge in [0.25, 0.3) is 0 Å². The Balaban J connectivity index is 4.66. The van der Waals surface area contributed by atoms with Crippen LogP contribution in [0.1, 0.15) is 271 Å². The number of ether oxygens (including phenoxy) is 1. The van der Waals surface area contributed by atoms with Crippen molar-refractivity contribution in [3.8, 4) is 0 Å². The standard InChI is InChI=1S/C60H107NO5/c1-4-7-10-13-16-19-22-25-28-30-32-35-38-41-44-47-50-53-60(65)66-56(51-48-45-42-39-36-33-31-29-26-23-20-17-14-11-8-5-2)54-59(64)61-57(55-62)58(63)52-49-46-43-40-37-34-27-24-21-18-15-12-9-6-3/h16-17,19-20,23,25-26,28-29,31,33,36,56-58,62-63H,4-15,18,21-22,24,27,30,32,34-35,37-55H2,1-3H3,(H,61,64)/b19-16-,20-17+,26-23+,28-25-,31-29+,36-33+. The van der Waals surface area contributed by atoms with Crippen LogP contribution in [0.2, 0.25) is 0 Å². The molecular weight excluding hydrogens is 815 g/mol. The summed E-state index contributed by atoms with van der Waals surface area (Å²) in [5.41, 5.74) is 0. The second kappa shape index (κ2) is 53.3. The van der Waals surface area contributed by atoms with Crippen LogP contribution < -0.4 is 5.32 Å². The van der Waals surface area contributed by atoms with Gasteiger partial charge >= 0.3 is 5.97 Å². The molecule has 1 amide bonds. The Morgan fingerprint density at radius 3 is 1.33 bits per heavy atom. The number of nitrogens with one attached hydrogen (secondary N) is 1. The minimum absolute atomic E-state index is 0.0465. The molecule has 6 nitrogen and oxygen atoms in total. The maximum Gasteiger partial charge on any atom is 0.306 e. The Hall–Kier alpha value is -2.70. The maximum atomic E-state index is 13.3. The molecule has 0 heterocycles. The topological polar surface area (TPSA) is 95.9 Å². The molecule has 6 heteroatoms. The number of hydrogen-bond acceptors (Lipinski definition) is 5. The first kappa shape index (κ1) is 63.3. The number of unbranched alkanes of at least 4 members (excludes halogenated alkanes) is 29. The van der Waals surface area contributed by atoms with Crippen molar-refractivity contribution >= 4 is 11.9 Å². The van der Waals surface area contributed by atoms with Gasteiger partial charge in [0.05, 0.1) is 25.2 Å². The molecule has 0 bridgehead atoms. The highest BCUT2D eigenvalue weighted by Gasteiger charge is 2.24. The fourth-order valence-electron chi connectivity index (χ4n) is 8.30. The molecule has 0 fully saturated rings. The zero-order valence-electron chi connectivity index (χ0n) is 43.6. The molecule has 0 aromatic heterocycles. The summed E-state index contributed by atoms with van der Waals surface area (Å²) in [5, 5.41) is 23.8. The van der Waals surface area contributed by atoms with Crippen LogP contribution in [-0.4, -0.2) is 46.9 Å². The Labute approximate surface area is 409 Å². The molecule has 0 saturated heterocycles. The summed E-state index contributed by atoms with van der Waals surface area (Å²) in [5.74, 6) is -0.518. The highest BCUT2D eigenvalue weighted by molar-refractivity contribution is 5.77. The summed E-state index contributed by atoms with van der Waals surface area (Å²) < 4.78 is 5.94. The Kier molecular flexibility index (Phi) is 51.1. The molecular formula is C60H107NO5. The smallest absolute Gasteiger partial charge is 0.306 e. The van der Waals surface area contributed by atoms with E-state index in [0.29, 0.717) is 19.3 Å². The molecule has 0 aliphatic rings. The summed E-state index contributed by atoms with van der Waals surface area (Å²) in [4.78, 5) is 26.3. The molecule has 3 atom stereocenters. The number of allylic oxidation sites excluding steroid dienone is 12. The first-order chi connectivity index (χ1) is 32.5. The van der Waals surface area contributed by atoms with E-state index >= 15 is 0 Å². The fraction of sp³-hybridized carbons (Fsp3) is 0.767. The normalized spacial score (nSPS) is 13.7. The predicted molar refractivity (Wildman–Crippen MR) is 287 cm³/mol. The van der Waals surface area contributed by atoms with Crippen LogP contribution in [0.15, 0.2) is 72.9 Å². The van der Waals surface area contributed by atoms with Gasteiger partial charge in [-0.05, 0) is 83.5 Å². The molecule has 0 spiro atoms. The lowest BCUT2D eigenvalue weighted by atomic mass is 10.0. The molecule has 0 aliphatic heterocycles. The lowest BCUT2D eigenvalue weighted by Gasteiger charge is -2.24. The third-order valence-electron chi connectivity index (χ3n) is 12.6. The van der Waals surface area contributed by atoms with E-state index in [2.05, 4.69) is 99.0 Å². The third kappa shape index (κ3) is 47.8. The molecule has 382 valence electrons. The van der Waals surface area contributed by atoms with E-state index in [4.69, 9.17) is 4.74 Å². The monoisotopic (exact) mass is 922 g/mol. The number of amides is 1. The van der Waals surface area contributed by atoms with E-state index < -0.39 is 18.2 Å². The lowest BCUT2D eigenvalue weighted by molar-refractivity contribution is -0.151. The molecule has 66 heavy (non-hydrogen) atoms. The van der Waals surface area contributed by atoms with Crippen molar-refractivity contribution in [1.82, 2.24) is 5.32 Å². The number of carbonyl (C=O) groups is 2. The van der Waals surface area contributed by atoms with Crippen molar-refractivity contribution in [2.24, 2.45) is 0 Å². The van der Waals surface area contributed by atoms with Crippen LogP contribution in [0.3, 0.4) is 0 Å². The Bertz CT molecular complexity index is 1220. The average molecular weight is 923 g/mol. The van der Waals surface area contributed by atoms with Crippen molar-refractivity contribution in [2.75, 3.05) is 6.61 Å². The Morgan fingerprint density at radius 2 is 0.833 bits per heavy atom. The van der Waals surface area contributed by atoms with Crippen LogP contribution in [-0.2, 0) is 14.3 Å². The van der Waals surface area contributed by atoms with Crippen molar-refractivity contribution in [3.63, 3.8) is 0 Å². The minimum Gasteiger partial charge on any atom is -0.462 e. The van der Waals surface area contributed by atoms with Gasteiger partial charge < -0.3 is 20.3 Å². The molecule has 0 aliphatic carbocycles. The second-order valence-electron chi connectivity index (χ2n) is 19.1. The number of carbonyl (C=O) groups excluding carboxylic acids is 2. The maximum absolute atomic E-state index is 13.3. The van der Waals surface area contributed by atoms with Crippen LogP contribution in [0.5, 0.6) is 0 Å². The third-order valence-corrected chi connectivity index (χ3v) is 12.6. The number of aliphatic hydroxyl groups excluding tert-OH is 2. The van der Waals surface area contributed by atoms with E-state index in [9.17, 15) is 19.8 Å². The van der Waals surface area contributed by atoms with Crippen LogP contribution in [0.4, 0.5) is 0 Å². The van der Waals surface area contributed by atoms with Gasteiger partial charge in [0.15, 0.2) is 0 Å². The van der Waals surface area contributed by atoms with Gasteiger partial charge in [0.1, 0.15) is 6.10 Å². The van der Waals surface area contributed by atoms with Crippen molar-refractivity contribution < 1.29 is 24.5 Å². The molecule has 0 aromatic rings. The second-order valence-corrected chi connectivity index (χ2v) is 19.1. The van der Waals surface area contributed by atoms with Crippen LogP contribution in [0.25, 0.3) is 0 Å². The van der Waals surface area contributed by atoms with Crippen LogP contribution in [0, 0.1) is 0 Å². The van der Waals surface area contributed by atoms with Gasteiger partial charge in [0, 0.05) is 6.42 Å². The number of rotatable bonds is 50. The quantitative estimate of drug-likeness (QED) is 0.0244. The highest BCUT2D eigenvalue weighted by Crippen LogP contribution is 2.18. The van der Waals surface area contributed by atoms with Gasteiger partial charge in [-0.2, -0.15) is 0 Å². The molecule has 3 unspecified atom stereocenters. The summed E-state index contributed by atoms with van der Waals surface area (Å²) in [6.45, 7) is 6.42. The number of aliphatic hydroxyl groups is 2. The zero-order valence-corrected chi connectivity index (χ0v) is 43.6. The summed E-state index contributed by atoms with van der Waals surface area (Å²) >= 11 is 0. The molecule has 3 N–H and O–H groups in total. The largest absolute Gasteiger partial charge is 0.462 e. The summed E-state index contributed by atoms with van der Waals surface area (Å²) in [7, 11) is 0. The minimum atomic E-state index is -0.803. The van der Waals surface area contributed by atoms with Crippen molar-refractivity contribution in [2.45, 2.75) is 289 Å². The van der Waals surface area contributed by atoms with E-state index in [1.165, 1.54) is 141 Å². The van der Waals surface area contributed by atoms with E-state index in [1.807, 2.05) is 0 Å². The molecule has 0 aromatic carbocycles. The predicted octanol–water partition coefficient (Wildman–Crippen LogP) is 17.3. The van der Waals surface area contributed by atoms with E-state index in [1.54, 1.807) is 0 Å². The van der Waals surface area contributed by atoms with E-state index in [0.717, 1.165) is 83.5 Å². The first-order valence-electron chi connectivity index (χ1n) is 28.2. The average Bonchev–Trinajstić information content (AvgIpc) is 3.31. The first-order valence-corrected chi connectivity index (χ1v) is 28.2. The van der Waals surface area contributed by atoms with Crippen molar-refractivity contribution in [1.29, 1.82) is 0 Å². The van der Waals surface area contributed by atoms with Gasteiger partial charge in [0.2, 0.25) is 5.91 Å². The number of hydrogen-bond donors (Lipinski definition) is 3. The highest BCUT2D eigenvalue weighted by atomic mass is 16.5. The van der Waals surface area contributed by atoms with Gasteiger partial charge in [-0.1, -0.05) is 248 Å². The van der Waals surface area contributed by atoms with Crippen LogP contribution >= 0.6 is 0 Å². The molecule has 0 rings (SSSR count). The zero-order chi connectivity index (χ0) is 48.1. The van der Waals surface area contributed by atoms with E-state index in [-0.39, 0.29) is 24.9 Å². The van der Waals surface area contributed by atoms with Gasteiger partial charge in [-0.15, -0.1) is 0 Å².